The van der Waals surface area contributed by atoms with Crippen molar-refractivity contribution in [3.8, 4) is 0 Å². The molecule has 0 aliphatic carbocycles. The van der Waals surface area contributed by atoms with Crippen LogP contribution in [0.3, 0.4) is 0 Å². The first-order chi connectivity index (χ1) is 14.3. The van der Waals surface area contributed by atoms with E-state index in [1.54, 1.807) is 19.1 Å². The second-order valence-corrected chi connectivity index (χ2v) is 7.51. The standard InChI is InChI=1S/C23H25N3O4/c1-15-9-11-19(12-10-15)26-16(2)22(29)25(23(26)30)14-21(28)24-20(17(3)27)13-18-7-5-4-6-8-18/h4-12,16,20H,13-14H2,1-3H3,(H,24,28)/t16-,20+/m0/s1. The van der Waals surface area contributed by atoms with Gasteiger partial charge in [-0.25, -0.2) is 4.79 Å². The van der Waals surface area contributed by atoms with Gasteiger partial charge in [-0.05, 0) is 44.9 Å². The lowest BCUT2D eigenvalue weighted by Gasteiger charge is -2.20. The van der Waals surface area contributed by atoms with E-state index in [2.05, 4.69) is 5.32 Å². The van der Waals surface area contributed by atoms with Crippen LogP contribution >= 0.6 is 0 Å². The highest BCUT2D eigenvalue weighted by atomic mass is 16.2. The van der Waals surface area contributed by atoms with E-state index < -0.39 is 36.5 Å². The molecule has 0 bridgehead atoms. The van der Waals surface area contributed by atoms with Crippen LogP contribution in [0.25, 0.3) is 0 Å². The summed E-state index contributed by atoms with van der Waals surface area (Å²) in [6.45, 7) is 4.54. The normalized spacial score (nSPS) is 17.2. The Hall–Kier alpha value is -3.48. The number of nitrogens with zero attached hydrogens (tertiary/aromatic N) is 2. The smallest absolute Gasteiger partial charge is 0.332 e. The molecule has 0 saturated carbocycles. The Bertz CT molecular complexity index is 956. The van der Waals surface area contributed by atoms with Crippen molar-refractivity contribution >= 4 is 29.3 Å². The summed E-state index contributed by atoms with van der Waals surface area (Å²) in [7, 11) is 0. The molecule has 0 spiro atoms. The van der Waals surface area contributed by atoms with Crippen LogP contribution in [0.15, 0.2) is 54.6 Å². The van der Waals surface area contributed by atoms with E-state index >= 15 is 0 Å². The number of anilines is 1. The lowest BCUT2D eigenvalue weighted by Crippen LogP contribution is -2.47. The summed E-state index contributed by atoms with van der Waals surface area (Å²) in [5.74, 6) is -1.19. The number of Topliss-reactive ketones (excluding diaryl/α,β-unsaturated/α-hetero) is 1. The second-order valence-electron chi connectivity index (χ2n) is 7.51. The van der Waals surface area contributed by atoms with Crippen molar-refractivity contribution in [1.82, 2.24) is 10.2 Å². The Morgan fingerprint density at radius 3 is 2.27 bits per heavy atom. The quantitative estimate of drug-likeness (QED) is 0.715. The summed E-state index contributed by atoms with van der Waals surface area (Å²) in [6.07, 6.45) is 0.343. The molecule has 1 aliphatic rings. The average molecular weight is 407 g/mol. The summed E-state index contributed by atoms with van der Waals surface area (Å²) in [6, 6.07) is 14.6. The zero-order valence-corrected chi connectivity index (χ0v) is 17.3. The summed E-state index contributed by atoms with van der Waals surface area (Å²) in [4.78, 5) is 52.3. The van der Waals surface area contributed by atoms with Crippen LogP contribution < -0.4 is 10.2 Å². The van der Waals surface area contributed by atoms with Crippen LogP contribution in [-0.2, 0) is 20.8 Å². The monoisotopic (exact) mass is 407 g/mol. The van der Waals surface area contributed by atoms with Crippen molar-refractivity contribution in [2.75, 3.05) is 11.4 Å². The number of rotatable bonds is 7. The van der Waals surface area contributed by atoms with Crippen molar-refractivity contribution < 1.29 is 19.2 Å². The van der Waals surface area contributed by atoms with E-state index in [9.17, 15) is 19.2 Å². The van der Waals surface area contributed by atoms with Gasteiger partial charge in [0, 0.05) is 5.69 Å². The Labute approximate surface area is 175 Å². The number of benzene rings is 2. The van der Waals surface area contributed by atoms with Crippen molar-refractivity contribution in [3.05, 3.63) is 65.7 Å². The Morgan fingerprint density at radius 1 is 1.03 bits per heavy atom. The third-order valence-electron chi connectivity index (χ3n) is 5.17. The number of urea groups is 1. The first-order valence-corrected chi connectivity index (χ1v) is 9.83. The fraction of sp³-hybridized carbons (Fsp3) is 0.304. The molecule has 1 N–H and O–H groups in total. The molecule has 7 nitrogen and oxygen atoms in total. The molecule has 1 heterocycles. The molecule has 2 aromatic carbocycles. The maximum Gasteiger partial charge on any atom is 0.332 e. The molecule has 1 aliphatic heterocycles. The highest BCUT2D eigenvalue weighted by Crippen LogP contribution is 2.25. The molecule has 3 rings (SSSR count). The number of hydrogen-bond acceptors (Lipinski definition) is 4. The predicted molar refractivity (Wildman–Crippen MR) is 113 cm³/mol. The van der Waals surface area contributed by atoms with Crippen molar-refractivity contribution in [2.24, 2.45) is 0 Å². The molecule has 30 heavy (non-hydrogen) atoms. The van der Waals surface area contributed by atoms with Gasteiger partial charge in [-0.15, -0.1) is 0 Å². The number of ketones is 1. The molecule has 0 unspecified atom stereocenters. The molecule has 0 radical (unpaired) electrons. The van der Waals surface area contributed by atoms with Gasteiger partial charge in [0.05, 0.1) is 6.04 Å². The van der Waals surface area contributed by atoms with Gasteiger partial charge in [0.2, 0.25) is 5.91 Å². The van der Waals surface area contributed by atoms with E-state index in [-0.39, 0.29) is 5.78 Å². The Kier molecular flexibility index (Phi) is 6.30. The van der Waals surface area contributed by atoms with Gasteiger partial charge in [0.1, 0.15) is 12.6 Å². The Balaban J connectivity index is 1.69. The first kappa shape index (κ1) is 21.2. The van der Waals surface area contributed by atoms with Crippen molar-refractivity contribution in [3.63, 3.8) is 0 Å². The highest BCUT2D eigenvalue weighted by Gasteiger charge is 2.44. The number of amides is 4. The molecule has 1 fully saturated rings. The van der Waals surface area contributed by atoms with Crippen molar-refractivity contribution in [1.29, 1.82) is 0 Å². The lowest BCUT2D eigenvalue weighted by molar-refractivity contribution is -0.133. The van der Waals surface area contributed by atoms with Crippen LogP contribution in [0.1, 0.15) is 25.0 Å². The first-order valence-electron chi connectivity index (χ1n) is 9.83. The summed E-state index contributed by atoms with van der Waals surface area (Å²) < 4.78 is 0. The minimum absolute atomic E-state index is 0.194. The maximum atomic E-state index is 12.8. The van der Waals surface area contributed by atoms with Crippen LogP contribution in [-0.4, -0.2) is 47.2 Å². The van der Waals surface area contributed by atoms with Gasteiger partial charge in [0.25, 0.3) is 5.91 Å². The van der Waals surface area contributed by atoms with Crippen LogP contribution in [0, 0.1) is 6.92 Å². The van der Waals surface area contributed by atoms with Crippen LogP contribution in [0.5, 0.6) is 0 Å². The molecule has 156 valence electrons. The predicted octanol–water partition coefficient (Wildman–Crippen LogP) is 2.47. The van der Waals surface area contributed by atoms with Gasteiger partial charge in [-0.2, -0.15) is 0 Å². The third kappa shape index (κ3) is 4.56. The van der Waals surface area contributed by atoms with E-state index in [1.165, 1.54) is 11.8 Å². The molecular weight excluding hydrogens is 382 g/mol. The SMILES string of the molecule is CC(=O)[C@@H](Cc1ccccc1)NC(=O)CN1C(=O)[C@H](C)N(c2ccc(C)cc2)C1=O. The molecule has 1 saturated heterocycles. The minimum Gasteiger partial charge on any atom is -0.344 e. The summed E-state index contributed by atoms with van der Waals surface area (Å²) in [5, 5.41) is 2.66. The number of hydrogen-bond donors (Lipinski definition) is 1. The maximum absolute atomic E-state index is 12.8. The van der Waals surface area contributed by atoms with E-state index in [0.717, 1.165) is 16.0 Å². The zero-order chi connectivity index (χ0) is 21.8. The second kappa shape index (κ2) is 8.90. The number of carbonyl (C=O) groups is 4. The number of imide groups is 1. The average Bonchev–Trinajstić information content (AvgIpc) is 2.92. The zero-order valence-electron chi connectivity index (χ0n) is 17.3. The fourth-order valence-electron chi connectivity index (χ4n) is 3.44. The van der Waals surface area contributed by atoms with Gasteiger partial charge in [-0.3, -0.25) is 24.2 Å². The van der Waals surface area contributed by atoms with E-state index in [1.807, 2.05) is 49.4 Å². The lowest BCUT2D eigenvalue weighted by atomic mass is 10.0. The van der Waals surface area contributed by atoms with Crippen LogP contribution in [0.4, 0.5) is 10.5 Å². The number of carbonyl (C=O) groups excluding carboxylic acids is 4. The van der Waals surface area contributed by atoms with Crippen molar-refractivity contribution in [2.45, 2.75) is 39.3 Å². The minimum atomic E-state index is -0.724. The Morgan fingerprint density at radius 2 is 1.67 bits per heavy atom. The summed E-state index contributed by atoms with van der Waals surface area (Å²) >= 11 is 0. The molecule has 2 aromatic rings. The third-order valence-corrected chi connectivity index (χ3v) is 5.17. The highest BCUT2D eigenvalue weighted by molar-refractivity contribution is 6.15. The number of aryl methyl sites for hydroxylation is 1. The van der Waals surface area contributed by atoms with Gasteiger partial charge < -0.3 is 5.32 Å². The van der Waals surface area contributed by atoms with Gasteiger partial charge in [-0.1, -0.05) is 48.0 Å². The largest absolute Gasteiger partial charge is 0.344 e. The molecular formula is C23H25N3O4. The molecule has 2 atom stereocenters. The van der Waals surface area contributed by atoms with Gasteiger partial charge >= 0.3 is 6.03 Å². The van der Waals surface area contributed by atoms with Gasteiger partial charge in [0.15, 0.2) is 5.78 Å². The molecule has 0 aromatic heterocycles. The van der Waals surface area contributed by atoms with E-state index in [0.29, 0.717) is 12.1 Å². The topological polar surface area (TPSA) is 86.8 Å². The van der Waals surface area contributed by atoms with E-state index in [4.69, 9.17) is 0 Å². The fourth-order valence-corrected chi connectivity index (χ4v) is 3.44. The van der Waals surface area contributed by atoms with Crippen LogP contribution in [0.2, 0.25) is 0 Å². The number of nitrogens with one attached hydrogen (secondary N) is 1. The summed E-state index contributed by atoms with van der Waals surface area (Å²) in [5.41, 5.74) is 2.54. The molecule has 4 amide bonds. The molecule has 7 heteroatoms.